The van der Waals surface area contributed by atoms with Crippen LogP contribution < -0.4 is 4.90 Å². The Labute approximate surface area is 101 Å². The summed E-state index contributed by atoms with van der Waals surface area (Å²) >= 11 is 0. The average Bonchev–Trinajstić information content (AvgIpc) is 2.28. The van der Waals surface area contributed by atoms with Gasteiger partial charge < -0.3 is 15.1 Å². The molecule has 0 unspecified atom stereocenters. The van der Waals surface area contributed by atoms with Gasteiger partial charge in [-0.3, -0.25) is 4.79 Å². The molecule has 1 aromatic rings. The molecule has 4 heteroatoms. The maximum absolute atomic E-state index is 10.5. The van der Waals surface area contributed by atoms with E-state index in [4.69, 9.17) is 5.11 Å². The predicted molar refractivity (Wildman–Crippen MR) is 67.6 cm³/mol. The van der Waals surface area contributed by atoms with Gasteiger partial charge in [0.05, 0.1) is 0 Å². The number of hydrogen-bond acceptors (Lipinski definition) is 3. The van der Waals surface area contributed by atoms with E-state index >= 15 is 0 Å². The van der Waals surface area contributed by atoms with E-state index in [1.807, 2.05) is 19.9 Å². The Morgan fingerprint density at radius 2 is 2.12 bits per heavy atom. The van der Waals surface area contributed by atoms with Crippen LogP contribution in [0.15, 0.2) is 18.2 Å². The normalized spacial score (nSPS) is 10.2. The third-order valence-electron chi connectivity index (χ3n) is 2.73. The fraction of sp³-hybridized carbons (Fsp3) is 0.462. The van der Waals surface area contributed by atoms with Crippen LogP contribution in [0.2, 0.25) is 0 Å². The summed E-state index contributed by atoms with van der Waals surface area (Å²) in [5.41, 5.74) is 2.05. The summed E-state index contributed by atoms with van der Waals surface area (Å²) < 4.78 is 0. The Morgan fingerprint density at radius 3 is 2.71 bits per heavy atom. The third-order valence-corrected chi connectivity index (χ3v) is 2.73. The van der Waals surface area contributed by atoms with Crippen LogP contribution in [0.1, 0.15) is 25.3 Å². The molecule has 4 nitrogen and oxygen atoms in total. The first-order chi connectivity index (χ1) is 8.04. The molecule has 1 aromatic carbocycles. The van der Waals surface area contributed by atoms with Crippen LogP contribution in [0.3, 0.4) is 0 Å². The van der Waals surface area contributed by atoms with Gasteiger partial charge in [0.1, 0.15) is 5.75 Å². The lowest BCUT2D eigenvalue weighted by Gasteiger charge is -2.24. The van der Waals surface area contributed by atoms with Crippen LogP contribution in [-0.2, 0) is 4.79 Å². The second-order valence-electron chi connectivity index (χ2n) is 4.05. The first kappa shape index (κ1) is 13.4. The number of carbonyl (C=O) groups is 1. The van der Waals surface area contributed by atoms with Crippen molar-refractivity contribution in [2.75, 3.05) is 18.0 Å². The Balaban J connectivity index is 2.72. The number of carboxylic acid groups (broad SMARTS) is 1. The van der Waals surface area contributed by atoms with Gasteiger partial charge >= 0.3 is 5.97 Å². The van der Waals surface area contributed by atoms with E-state index in [0.29, 0.717) is 13.0 Å². The van der Waals surface area contributed by atoms with Crippen molar-refractivity contribution in [2.45, 2.75) is 26.7 Å². The van der Waals surface area contributed by atoms with Crippen molar-refractivity contribution in [1.82, 2.24) is 0 Å². The highest BCUT2D eigenvalue weighted by molar-refractivity contribution is 5.66. The molecule has 0 aromatic heterocycles. The van der Waals surface area contributed by atoms with E-state index in [9.17, 15) is 9.90 Å². The number of phenols is 1. The number of aromatic hydroxyl groups is 1. The Hall–Kier alpha value is -1.71. The first-order valence-corrected chi connectivity index (χ1v) is 5.81. The number of carboxylic acids is 1. The molecule has 0 radical (unpaired) electrons. The van der Waals surface area contributed by atoms with Gasteiger partial charge in [-0.1, -0.05) is 6.07 Å². The molecule has 0 saturated carbocycles. The van der Waals surface area contributed by atoms with Gasteiger partial charge in [0.2, 0.25) is 0 Å². The molecule has 0 bridgehead atoms. The Kier molecular flexibility index (Phi) is 4.82. The summed E-state index contributed by atoms with van der Waals surface area (Å²) in [6.07, 6.45) is 0.784. The average molecular weight is 237 g/mol. The number of aliphatic carboxylic acids is 1. The highest BCUT2D eigenvalue weighted by atomic mass is 16.4. The fourth-order valence-corrected chi connectivity index (χ4v) is 1.81. The van der Waals surface area contributed by atoms with Crippen molar-refractivity contribution in [2.24, 2.45) is 0 Å². The van der Waals surface area contributed by atoms with E-state index in [0.717, 1.165) is 17.8 Å². The van der Waals surface area contributed by atoms with Crippen molar-refractivity contribution in [3.05, 3.63) is 23.8 Å². The summed E-state index contributed by atoms with van der Waals surface area (Å²) in [6.45, 7) is 5.48. The van der Waals surface area contributed by atoms with Gasteiger partial charge in [0.25, 0.3) is 0 Å². The lowest BCUT2D eigenvalue weighted by atomic mass is 10.1. The minimum atomic E-state index is -0.770. The molecular weight excluding hydrogens is 218 g/mol. The Morgan fingerprint density at radius 1 is 1.41 bits per heavy atom. The van der Waals surface area contributed by atoms with Crippen LogP contribution in [0.5, 0.6) is 5.75 Å². The molecule has 17 heavy (non-hydrogen) atoms. The fourth-order valence-electron chi connectivity index (χ4n) is 1.81. The number of nitrogens with zero attached hydrogens (tertiary/aromatic N) is 1. The van der Waals surface area contributed by atoms with Gasteiger partial charge in [0.15, 0.2) is 0 Å². The molecule has 1 rings (SSSR count). The van der Waals surface area contributed by atoms with Gasteiger partial charge in [0, 0.05) is 31.3 Å². The quantitative estimate of drug-likeness (QED) is 0.797. The second-order valence-corrected chi connectivity index (χ2v) is 4.05. The zero-order chi connectivity index (χ0) is 12.8. The van der Waals surface area contributed by atoms with Crippen LogP contribution in [0, 0.1) is 6.92 Å². The zero-order valence-corrected chi connectivity index (χ0v) is 10.3. The van der Waals surface area contributed by atoms with Crippen molar-refractivity contribution in [3.63, 3.8) is 0 Å². The molecule has 0 aliphatic rings. The monoisotopic (exact) mass is 237 g/mol. The second kappa shape index (κ2) is 6.13. The van der Waals surface area contributed by atoms with Crippen LogP contribution in [-0.4, -0.2) is 29.3 Å². The van der Waals surface area contributed by atoms with E-state index < -0.39 is 5.97 Å². The highest BCUT2D eigenvalue weighted by Crippen LogP contribution is 2.25. The molecule has 0 fully saturated rings. The molecule has 94 valence electrons. The van der Waals surface area contributed by atoms with Crippen molar-refractivity contribution in [3.8, 4) is 5.75 Å². The molecule has 0 saturated heterocycles. The summed E-state index contributed by atoms with van der Waals surface area (Å²) in [6, 6.07) is 5.24. The minimum Gasteiger partial charge on any atom is -0.508 e. The first-order valence-electron chi connectivity index (χ1n) is 5.81. The SMILES string of the molecule is CCN(CCCC(=O)O)c1cc(O)ccc1C. The number of benzene rings is 1. The largest absolute Gasteiger partial charge is 0.508 e. The third kappa shape index (κ3) is 3.98. The van der Waals surface area contributed by atoms with Gasteiger partial charge in [-0.15, -0.1) is 0 Å². The summed E-state index contributed by atoms with van der Waals surface area (Å²) in [5, 5.41) is 18.1. The molecule has 0 aliphatic heterocycles. The maximum atomic E-state index is 10.5. The summed E-state index contributed by atoms with van der Waals surface area (Å²) in [7, 11) is 0. The smallest absolute Gasteiger partial charge is 0.303 e. The maximum Gasteiger partial charge on any atom is 0.303 e. The summed E-state index contributed by atoms with van der Waals surface area (Å²) in [5.74, 6) is -0.532. The van der Waals surface area contributed by atoms with Gasteiger partial charge in [-0.25, -0.2) is 0 Å². The highest BCUT2D eigenvalue weighted by Gasteiger charge is 2.09. The topological polar surface area (TPSA) is 60.8 Å². The van der Waals surface area contributed by atoms with Gasteiger partial charge in [-0.05, 0) is 31.9 Å². The van der Waals surface area contributed by atoms with Crippen LogP contribution >= 0.6 is 0 Å². The molecule has 0 heterocycles. The van der Waals surface area contributed by atoms with Crippen molar-refractivity contribution < 1.29 is 15.0 Å². The van der Waals surface area contributed by atoms with Gasteiger partial charge in [-0.2, -0.15) is 0 Å². The molecule has 0 atom stereocenters. The number of aryl methyl sites for hydroxylation is 1. The number of hydrogen-bond donors (Lipinski definition) is 2. The zero-order valence-electron chi connectivity index (χ0n) is 10.3. The summed E-state index contributed by atoms with van der Waals surface area (Å²) in [4.78, 5) is 12.5. The standard InChI is InChI=1S/C13H19NO3/c1-3-14(8-4-5-13(16)17)12-9-11(15)7-6-10(12)2/h6-7,9,15H,3-5,8H2,1-2H3,(H,16,17). The van der Waals surface area contributed by atoms with Crippen molar-refractivity contribution in [1.29, 1.82) is 0 Å². The van der Waals surface area contributed by atoms with Crippen molar-refractivity contribution >= 4 is 11.7 Å². The molecular formula is C13H19NO3. The minimum absolute atomic E-state index is 0.175. The van der Waals surface area contributed by atoms with E-state index in [1.54, 1.807) is 12.1 Å². The number of phenolic OH excluding ortho intramolecular Hbond substituents is 1. The molecule has 2 N–H and O–H groups in total. The Bertz CT molecular complexity index is 390. The lowest BCUT2D eigenvalue weighted by molar-refractivity contribution is -0.137. The van der Waals surface area contributed by atoms with Crippen LogP contribution in [0.25, 0.3) is 0 Å². The number of rotatable bonds is 6. The van der Waals surface area contributed by atoms with E-state index in [1.165, 1.54) is 0 Å². The van der Waals surface area contributed by atoms with E-state index in [2.05, 4.69) is 4.90 Å². The predicted octanol–water partition coefficient (Wildman–Crippen LogP) is 2.39. The number of anilines is 1. The van der Waals surface area contributed by atoms with Crippen LogP contribution in [0.4, 0.5) is 5.69 Å². The molecule has 0 amide bonds. The molecule has 0 aliphatic carbocycles. The molecule has 0 spiro atoms. The van der Waals surface area contributed by atoms with E-state index in [-0.39, 0.29) is 12.2 Å². The lowest BCUT2D eigenvalue weighted by Crippen LogP contribution is -2.25.